The summed E-state index contributed by atoms with van der Waals surface area (Å²) < 4.78 is 4.05. The van der Waals surface area contributed by atoms with Crippen LogP contribution in [0.4, 0.5) is 0 Å². The van der Waals surface area contributed by atoms with Crippen molar-refractivity contribution in [1.29, 1.82) is 0 Å². The van der Waals surface area contributed by atoms with E-state index in [9.17, 15) is 0 Å². The third kappa shape index (κ3) is 7.84. The summed E-state index contributed by atoms with van der Waals surface area (Å²) in [6.07, 6.45) is 3.99. The largest absolute Gasteiger partial charge is 0 e. The summed E-state index contributed by atoms with van der Waals surface area (Å²) in [5.41, 5.74) is 9.45. The normalized spacial score (nSPS) is 11.6. The number of pyridine rings is 2. The smallest absolute Gasteiger partial charge is 0 e. The van der Waals surface area contributed by atoms with Crippen molar-refractivity contribution in [2.75, 3.05) is 0 Å². The van der Waals surface area contributed by atoms with E-state index in [4.69, 9.17) is 0 Å². The molecule has 1 radical (unpaired) electrons. The maximum Gasteiger partial charge on any atom is 0 e. The summed E-state index contributed by atoms with van der Waals surface area (Å²) in [5.74, 6) is 7.20. The van der Waals surface area contributed by atoms with E-state index in [1.165, 1.54) is 46.8 Å². The molecule has 3 heterocycles. The Morgan fingerprint density at radius 2 is 1.47 bits per heavy atom. The van der Waals surface area contributed by atoms with Crippen LogP contribution in [-0.4, -0.2) is 23.2 Å². The number of rotatable bonds is 4. The van der Waals surface area contributed by atoms with E-state index in [0.29, 0.717) is 0 Å². The molecular formula is C42H40GeIrN2S-2. The van der Waals surface area contributed by atoms with Gasteiger partial charge in [0, 0.05) is 31.0 Å². The van der Waals surface area contributed by atoms with Gasteiger partial charge in [0.25, 0.3) is 0 Å². The molecule has 0 N–H and O–H groups in total. The molecular weight excluding hydrogens is 829 g/mol. The van der Waals surface area contributed by atoms with Crippen molar-refractivity contribution in [3.63, 3.8) is 0 Å². The quantitative estimate of drug-likeness (QED) is 0.130. The van der Waals surface area contributed by atoms with Crippen LogP contribution in [0.15, 0.2) is 116 Å². The minimum absolute atomic E-state index is 0. The molecule has 0 spiro atoms. The SMILES string of the molecule is CC(C)(C)c1ccnc(-c2[c-]ccc3c2sc2cc(-c4ccccc4)ccc23)c1.Cc1cc(-c2[c-]cccc2)nc[c]1[Ge]([CH3])([CH3])[CH3].[Ir]. The van der Waals surface area contributed by atoms with E-state index in [0.717, 1.165) is 22.5 Å². The van der Waals surface area contributed by atoms with Crippen molar-refractivity contribution < 1.29 is 20.1 Å². The summed E-state index contributed by atoms with van der Waals surface area (Å²) >= 11 is 0.0615. The van der Waals surface area contributed by atoms with Gasteiger partial charge in [-0.25, -0.2) is 0 Å². The molecule has 47 heavy (non-hydrogen) atoms. The van der Waals surface area contributed by atoms with Crippen molar-refractivity contribution in [2.24, 2.45) is 0 Å². The molecule has 0 aliphatic carbocycles. The molecule has 0 amide bonds. The first kappa shape index (κ1) is 34.9. The molecule has 0 unspecified atom stereocenters. The van der Waals surface area contributed by atoms with Crippen LogP contribution < -0.4 is 4.40 Å². The number of benzene rings is 4. The third-order valence-electron chi connectivity index (χ3n) is 8.33. The second kappa shape index (κ2) is 14.4. The van der Waals surface area contributed by atoms with E-state index >= 15 is 0 Å². The number of aryl methyl sites for hydroxylation is 1. The number of aromatic nitrogens is 2. The van der Waals surface area contributed by atoms with Gasteiger partial charge in [0.2, 0.25) is 0 Å². The molecule has 5 heteroatoms. The van der Waals surface area contributed by atoms with Gasteiger partial charge in [0.15, 0.2) is 0 Å². The Morgan fingerprint density at radius 3 is 2.15 bits per heavy atom. The van der Waals surface area contributed by atoms with Gasteiger partial charge < -0.3 is 4.98 Å². The van der Waals surface area contributed by atoms with Crippen LogP contribution in [0.3, 0.4) is 0 Å². The second-order valence-corrected chi connectivity index (χ2v) is 25.5. The molecule has 0 aliphatic rings. The van der Waals surface area contributed by atoms with E-state index in [2.05, 4.69) is 152 Å². The first-order valence-electron chi connectivity index (χ1n) is 15.8. The minimum Gasteiger partial charge on any atom is 0 e. The molecule has 2 nitrogen and oxygen atoms in total. The second-order valence-electron chi connectivity index (χ2n) is 13.9. The molecule has 3 aromatic heterocycles. The predicted molar refractivity (Wildman–Crippen MR) is 202 cm³/mol. The maximum absolute atomic E-state index is 4.68. The van der Waals surface area contributed by atoms with Gasteiger partial charge in [0.05, 0.1) is 0 Å². The standard InChI is InChI=1S/C27H22NS.C15H18GeN.Ir/c1-27(2,3)20-14-15-28-24(17-20)23-11-7-10-22-21-13-12-19(16-25(21)29-26(22)23)18-8-5-4-6-9-18;1-12-10-15(13-8-6-5-7-9-13)17-11-14(12)16(2,3)4;/h4-10,12-17H,1-3H3;5-8,10-11H,1-4H3;/q2*-1;. The topological polar surface area (TPSA) is 25.8 Å². The molecule has 0 saturated carbocycles. The Balaban J connectivity index is 0.000000207. The zero-order valence-electron chi connectivity index (χ0n) is 28.1. The van der Waals surface area contributed by atoms with Crippen molar-refractivity contribution in [1.82, 2.24) is 9.97 Å². The first-order valence-corrected chi connectivity index (χ1v) is 24.0. The molecule has 0 atom stereocenters. The van der Waals surface area contributed by atoms with Crippen LogP contribution in [0.1, 0.15) is 31.9 Å². The van der Waals surface area contributed by atoms with Crippen LogP contribution >= 0.6 is 11.3 Å². The maximum atomic E-state index is 4.68. The van der Waals surface area contributed by atoms with Crippen LogP contribution in [0.25, 0.3) is 53.8 Å². The summed E-state index contributed by atoms with van der Waals surface area (Å²) in [5, 5.41) is 2.58. The molecule has 0 saturated heterocycles. The van der Waals surface area contributed by atoms with Crippen molar-refractivity contribution in [3.8, 4) is 33.6 Å². The summed E-state index contributed by atoms with van der Waals surface area (Å²) in [4.78, 5) is 9.28. The summed E-state index contributed by atoms with van der Waals surface area (Å²) in [7, 11) is 0. The predicted octanol–water partition coefficient (Wildman–Crippen LogP) is 11.3. The van der Waals surface area contributed by atoms with E-state index < -0.39 is 13.3 Å². The van der Waals surface area contributed by atoms with E-state index in [1.807, 2.05) is 41.8 Å². The Labute approximate surface area is 300 Å². The van der Waals surface area contributed by atoms with E-state index in [-0.39, 0.29) is 25.5 Å². The molecule has 0 fully saturated rings. The summed E-state index contributed by atoms with van der Waals surface area (Å²) in [6, 6.07) is 42.7. The third-order valence-corrected chi connectivity index (χ3v) is 14.0. The van der Waals surface area contributed by atoms with Crippen LogP contribution in [0.5, 0.6) is 0 Å². The zero-order chi connectivity index (χ0) is 32.5. The van der Waals surface area contributed by atoms with Crippen molar-refractivity contribution in [3.05, 3.63) is 139 Å². The Hall–Kier alpha value is -3.41. The molecule has 0 aliphatic heterocycles. The average molecular weight is 870 g/mol. The van der Waals surface area contributed by atoms with Gasteiger partial charge in [-0.3, -0.25) is 0 Å². The molecule has 239 valence electrons. The van der Waals surface area contributed by atoms with E-state index in [1.54, 1.807) is 0 Å². The Morgan fingerprint density at radius 1 is 0.702 bits per heavy atom. The van der Waals surface area contributed by atoms with Crippen LogP contribution in [-0.2, 0) is 25.5 Å². The fraction of sp³-hybridized carbons (Fsp3) is 0.190. The van der Waals surface area contributed by atoms with Gasteiger partial charge >= 0.3 is 106 Å². The molecule has 7 rings (SSSR count). The molecule has 0 bridgehead atoms. The average Bonchev–Trinajstić information content (AvgIpc) is 3.43. The van der Waals surface area contributed by atoms with Gasteiger partial charge in [-0.15, -0.1) is 23.8 Å². The minimum atomic E-state index is -1.77. The fourth-order valence-electron chi connectivity index (χ4n) is 5.82. The van der Waals surface area contributed by atoms with Crippen LogP contribution in [0.2, 0.25) is 17.3 Å². The summed E-state index contributed by atoms with van der Waals surface area (Å²) in [6.45, 7) is 8.91. The zero-order valence-corrected chi connectivity index (χ0v) is 33.4. The monoisotopic (exact) mass is 871 g/mol. The Kier molecular flexibility index (Phi) is 10.7. The van der Waals surface area contributed by atoms with Gasteiger partial charge in [-0.05, 0) is 50.0 Å². The van der Waals surface area contributed by atoms with Gasteiger partial charge in [-0.1, -0.05) is 74.7 Å². The van der Waals surface area contributed by atoms with Crippen LogP contribution in [0, 0.1) is 19.1 Å². The van der Waals surface area contributed by atoms with Gasteiger partial charge in [-0.2, -0.15) is 11.3 Å². The molecule has 4 aromatic carbocycles. The first-order chi connectivity index (χ1) is 22.0. The van der Waals surface area contributed by atoms with Gasteiger partial charge in [0.1, 0.15) is 0 Å². The van der Waals surface area contributed by atoms with Crippen molar-refractivity contribution >= 4 is 49.2 Å². The number of fused-ring (bicyclic) bond motifs is 3. The fourth-order valence-corrected chi connectivity index (χ4v) is 10.6. The number of thiophene rings is 1. The number of hydrogen-bond donors (Lipinski definition) is 0. The van der Waals surface area contributed by atoms with Crippen molar-refractivity contribution in [2.45, 2.75) is 50.4 Å². The number of nitrogens with zero attached hydrogens (tertiary/aromatic N) is 2. The number of hydrogen-bond acceptors (Lipinski definition) is 3. The Bertz CT molecular complexity index is 2120. The molecule has 7 aromatic rings.